The molecule has 6 rings (SSSR count). The van der Waals surface area contributed by atoms with Gasteiger partial charge in [-0.2, -0.15) is 8.42 Å². The van der Waals surface area contributed by atoms with Crippen LogP contribution in [0.3, 0.4) is 0 Å². The molecular weight excluding hydrogens is 687 g/mol. The Morgan fingerprint density at radius 3 is 2.40 bits per heavy atom. The summed E-state index contributed by atoms with van der Waals surface area (Å²) in [6.07, 6.45) is 0.333. The van der Waals surface area contributed by atoms with Crippen LogP contribution in [0.5, 0.6) is 0 Å². The number of amidine groups is 1. The number of amides is 3. The van der Waals surface area contributed by atoms with Crippen molar-refractivity contribution >= 4 is 60.9 Å². The lowest BCUT2D eigenvalue weighted by atomic mass is 9.66. The van der Waals surface area contributed by atoms with Gasteiger partial charge in [0.15, 0.2) is 11.6 Å². The molecule has 3 aliphatic rings. The molecule has 2 heterocycles. The van der Waals surface area contributed by atoms with Crippen LogP contribution in [0.2, 0.25) is 0 Å². The van der Waals surface area contributed by atoms with Crippen LogP contribution >= 0.6 is 0 Å². The fourth-order valence-electron chi connectivity index (χ4n) is 6.37. The Labute approximate surface area is 289 Å². The van der Waals surface area contributed by atoms with Crippen molar-refractivity contribution in [3.63, 3.8) is 0 Å². The van der Waals surface area contributed by atoms with E-state index >= 15 is 0 Å². The maximum atomic E-state index is 15.0. The standard InChI is InChI=1S/C34H35N5O9S2/c1-33(2,3)16-17-34(36-31(42)39-25(19-48-32(39)43)20-10-6-5-7-11-20)23-13-9-8-12-22(23)28(40)27(29(34)41)30-35-24-15-14-21(37-49(4,44)45)18-26(24)50(46,47)38-30/h5-15,18,25,27,37H,16-17,19H2,1-4H3,(H,35,38)(H,36,42)/t25-,27?,34-/m0/s1. The number of imide groups is 1. The first kappa shape index (κ1) is 34.8. The number of benzene rings is 3. The van der Waals surface area contributed by atoms with Crippen LogP contribution in [-0.4, -0.2) is 64.1 Å². The van der Waals surface area contributed by atoms with E-state index in [-0.39, 0.29) is 45.8 Å². The first-order chi connectivity index (χ1) is 23.4. The SMILES string of the molecule is CC(C)(C)CC[C@@]1(NC(=O)N2C(=O)OC[C@H]2c2ccccc2)C(=O)C(C2=NS(=O)(=O)c3cc(NS(C)(=O)=O)ccc3N2)C(=O)c2ccccc21. The van der Waals surface area contributed by atoms with E-state index in [1.54, 1.807) is 48.5 Å². The Morgan fingerprint density at radius 1 is 1.04 bits per heavy atom. The third-order valence-corrected chi connectivity index (χ3v) is 10.7. The first-order valence-electron chi connectivity index (χ1n) is 15.7. The van der Waals surface area contributed by atoms with Gasteiger partial charge in [0.1, 0.15) is 34.8 Å². The summed E-state index contributed by atoms with van der Waals surface area (Å²) in [5, 5.41) is 5.64. The Kier molecular flexibility index (Phi) is 8.59. The number of Topliss-reactive ketones (excluding diaryl/α,β-unsaturated/α-hetero) is 2. The zero-order valence-electron chi connectivity index (χ0n) is 27.6. The van der Waals surface area contributed by atoms with Crippen LogP contribution in [0.25, 0.3) is 0 Å². The number of carbonyl (C=O) groups is 4. The second-order valence-electron chi connectivity index (χ2n) is 13.6. The first-order valence-corrected chi connectivity index (χ1v) is 19.0. The smallest absolute Gasteiger partial charge is 0.418 e. The fourth-order valence-corrected chi connectivity index (χ4v) is 8.11. The molecule has 0 spiro atoms. The fraction of sp³-hybridized carbons (Fsp3) is 0.324. The third kappa shape index (κ3) is 6.47. The minimum absolute atomic E-state index is 0.0160. The van der Waals surface area contributed by atoms with Crippen LogP contribution in [0, 0.1) is 11.3 Å². The summed E-state index contributed by atoms with van der Waals surface area (Å²) in [6.45, 7) is 5.71. The molecular formula is C34H35N5O9S2. The molecule has 3 atom stereocenters. The van der Waals surface area contributed by atoms with Crippen LogP contribution in [-0.2, 0) is 35.1 Å². The van der Waals surface area contributed by atoms with E-state index in [9.17, 15) is 36.0 Å². The molecule has 14 nitrogen and oxygen atoms in total. The Hall–Kier alpha value is -5.09. The minimum atomic E-state index is -4.57. The van der Waals surface area contributed by atoms with Crippen LogP contribution in [0.15, 0.2) is 82.1 Å². The number of ketones is 2. The van der Waals surface area contributed by atoms with Gasteiger partial charge in [0.2, 0.25) is 10.0 Å². The highest BCUT2D eigenvalue weighted by Crippen LogP contribution is 2.43. The number of fused-ring (bicyclic) bond motifs is 2. The molecule has 3 N–H and O–H groups in total. The van der Waals surface area contributed by atoms with Gasteiger partial charge in [0, 0.05) is 11.3 Å². The number of hydrogen-bond donors (Lipinski definition) is 3. The molecule has 3 aromatic rings. The van der Waals surface area contributed by atoms with Crippen molar-refractivity contribution in [2.75, 3.05) is 22.9 Å². The molecule has 50 heavy (non-hydrogen) atoms. The highest BCUT2D eigenvalue weighted by atomic mass is 32.2. The van der Waals surface area contributed by atoms with Crippen molar-refractivity contribution in [2.24, 2.45) is 15.7 Å². The number of hydrogen-bond acceptors (Lipinski definition) is 10. The Bertz CT molecular complexity index is 2180. The average molecular weight is 722 g/mol. The zero-order chi connectivity index (χ0) is 36.2. The van der Waals surface area contributed by atoms with Gasteiger partial charge < -0.3 is 15.4 Å². The van der Waals surface area contributed by atoms with Crippen molar-refractivity contribution in [1.82, 2.24) is 10.2 Å². The number of urea groups is 1. The highest BCUT2D eigenvalue weighted by Gasteiger charge is 2.56. The van der Waals surface area contributed by atoms with Crippen molar-refractivity contribution in [3.05, 3.63) is 89.5 Å². The van der Waals surface area contributed by atoms with Crippen molar-refractivity contribution < 1.29 is 40.8 Å². The van der Waals surface area contributed by atoms with Gasteiger partial charge in [-0.1, -0.05) is 75.4 Å². The van der Waals surface area contributed by atoms with E-state index in [1.807, 2.05) is 20.8 Å². The third-order valence-electron chi connectivity index (χ3n) is 8.76. The maximum absolute atomic E-state index is 15.0. The lowest BCUT2D eigenvalue weighted by Crippen LogP contribution is -2.62. The number of sulfonamides is 2. The summed E-state index contributed by atoms with van der Waals surface area (Å²) in [5.41, 5.74) is -1.47. The molecule has 2 aliphatic heterocycles. The minimum Gasteiger partial charge on any atom is -0.446 e. The number of nitrogens with one attached hydrogen (secondary N) is 3. The van der Waals surface area contributed by atoms with Crippen molar-refractivity contribution in [2.45, 2.75) is 50.1 Å². The number of cyclic esters (lactones) is 1. The molecule has 0 aromatic heterocycles. The number of rotatable bonds is 7. The monoisotopic (exact) mass is 721 g/mol. The number of anilines is 2. The molecule has 262 valence electrons. The van der Waals surface area contributed by atoms with Crippen LogP contribution in [0.4, 0.5) is 21.0 Å². The van der Waals surface area contributed by atoms with Gasteiger partial charge >= 0.3 is 12.1 Å². The number of nitrogens with zero attached hydrogens (tertiary/aromatic N) is 2. The largest absolute Gasteiger partial charge is 0.446 e. The van der Waals surface area contributed by atoms with Gasteiger partial charge in [0.05, 0.1) is 11.9 Å². The number of ether oxygens (including phenoxy) is 1. The van der Waals surface area contributed by atoms with E-state index in [0.29, 0.717) is 12.0 Å². The summed E-state index contributed by atoms with van der Waals surface area (Å²) < 4.78 is 61.9. The predicted molar refractivity (Wildman–Crippen MR) is 184 cm³/mol. The summed E-state index contributed by atoms with van der Waals surface area (Å²) in [7, 11) is -8.30. The molecule has 16 heteroatoms. The second kappa shape index (κ2) is 12.4. The summed E-state index contributed by atoms with van der Waals surface area (Å²) >= 11 is 0. The summed E-state index contributed by atoms with van der Waals surface area (Å²) in [4.78, 5) is 56.9. The maximum Gasteiger partial charge on any atom is 0.418 e. The van der Waals surface area contributed by atoms with Gasteiger partial charge in [-0.15, -0.1) is 4.40 Å². The summed E-state index contributed by atoms with van der Waals surface area (Å²) in [6, 6.07) is 17.0. The van der Waals surface area contributed by atoms with Gasteiger partial charge in [-0.25, -0.2) is 22.9 Å². The predicted octanol–water partition coefficient (Wildman–Crippen LogP) is 4.58. The van der Waals surface area contributed by atoms with Gasteiger partial charge in [-0.05, 0) is 47.6 Å². The molecule has 1 aliphatic carbocycles. The lowest BCUT2D eigenvalue weighted by Gasteiger charge is -2.43. The summed E-state index contributed by atoms with van der Waals surface area (Å²) in [5.74, 6) is -3.88. The Balaban J connectivity index is 1.46. The van der Waals surface area contributed by atoms with E-state index in [0.717, 1.165) is 17.2 Å². The van der Waals surface area contributed by atoms with E-state index in [1.165, 1.54) is 18.2 Å². The molecule has 0 radical (unpaired) electrons. The van der Waals surface area contributed by atoms with E-state index in [2.05, 4.69) is 19.8 Å². The normalized spacial score (nSPS) is 22.8. The van der Waals surface area contributed by atoms with Crippen molar-refractivity contribution in [1.29, 1.82) is 0 Å². The quantitative estimate of drug-likeness (QED) is 0.291. The Morgan fingerprint density at radius 2 is 1.72 bits per heavy atom. The number of carbonyl (C=O) groups excluding carboxylic acids is 4. The van der Waals surface area contributed by atoms with Crippen LogP contribution < -0.4 is 15.4 Å². The second-order valence-corrected chi connectivity index (χ2v) is 17.0. The molecule has 0 bridgehead atoms. The van der Waals surface area contributed by atoms with E-state index < -0.39 is 67.1 Å². The molecule has 3 aromatic carbocycles. The van der Waals surface area contributed by atoms with Gasteiger partial charge in [-0.3, -0.25) is 14.3 Å². The van der Waals surface area contributed by atoms with E-state index in [4.69, 9.17) is 4.74 Å². The molecule has 1 unspecified atom stereocenters. The lowest BCUT2D eigenvalue weighted by molar-refractivity contribution is -0.127. The molecule has 1 fully saturated rings. The topological polar surface area (TPSA) is 197 Å². The van der Waals surface area contributed by atoms with Gasteiger partial charge in [0.25, 0.3) is 10.0 Å². The van der Waals surface area contributed by atoms with Crippen molar-refractivity contribution in [3.8, 4) is 0 Å². The zero-order valence-corrected chi connectivity index (χ0v) is 29.2. The molecule has 3 amide bonds. The average Bonchev–Trinajstić information content (AvgIpc) is 3.43. The molecule has 0 saturated carbocycles. The highest BCUT2D eigenvalue weighted by molar-refractivity contribution is 7.92. The van der Waals surface area contributed by atoms with Crippen LogP contribution in [0.1, 0.15) is 61.1 Å². The molecule has 1 saturated heterocycles.